The van der Waals surface area contributed by atoms with Gasteiger partial charge in [0.15, 0.2) is 17.5 Å². The van der Waals surface area contributed by atoms with Crippen molar-refractivity contribution in [2.24, 2.45) is 4.99 Å². The molecule has 29 heavy (non-hydrogen) atoms. The fraction of sp³-hybridized carbons (Fsp3) is 0.409. The van der Waals surface area contributed by atoms with E-state index in [1.807, 2.05) is 12.1 Å². The van der Waals surface area contributed by atoms with Crippen molar-refractivity contribution in [2.45, 2.75) is 25.4 Å². The van der Waals surface area contributed by atoms with Crippen LogP contribution in [-0.2, 0) is 6.54 Å². The molecule has 2 aromatic rings. The third-order valence-corrected chi connectivity index (χ3v) is 5.13. The summed E-state index contributed by atoms with van der Waals surface area (Å²) >= 11 is 0. The van der Waals surface area contributed by atoms with Gasteiger partial charge < -0.3 is 15.4 Å². The number of aliphatic imine (C=N–C) groups is 1. The summed E-state index contributed by atoms with van der Waals surface area (Å²) < 4.78 is 18.8. The van der Waals surface area contributed by atoms with Gasteiger partial charge in [0, 0.05) is 20.1 Å². The Hall–Kier alpha value is -1.87. The number of benzene rings is 2. The summed E-state index contributed by atoms with van der Waals surface area (Å²) in [6.45, 7) is 3.50. The summed E-state index contributed by atoms with van der Waals surface area (Å²) in [5, 5.41) is 6.69. The standard InChI is InChI=1S/C22H29FN4O.HI/c1-24-22(25-15-17-10-11-21(28-2)19(23)14-17)26-16-20(27-12-6-7-13-27)18-8-4-3-5-9-18;/h3-5,8-11,14,20H,6-7,12-13,15-16H2,1-2H3,(H2,24,25,26);1H. The second kappa shape index (κ2) is 12.0. The lowest BCUT2D eigenvalue weighted by atomic mass is 10.1. The van der Waals surface area contributed by atoms with E-state index in [0.717, 1.165) is 25.2 Å². The third-order valence-electron chi connectivity index (χ3n) is 5.13. The van der Waals surface area contributed by atoms with E-state index in [2.05, 4.69) is 44.8 Å². The Kier molecular flexibility index (Phi) is 9.66. The van der Waals surface area contributed by atoms with E-state index >= 15 is 0 Å². The Balaban J connectivity index is 0.00000300. The quantitative estimate of drug-likeness (QED) is 0.335. The molecule has 1 heterocycles. The molecule has 0 bridgehead atoms. The van der Waals surface area contributed by atoms with Crippen LogP contribution in [0.3, 0.4) is 0 Å². The fourth-order valence-electron chi connectivity index (χ4n) is 3.61. The maximum absolute atomic E-state index is 13.9. The zero-order valence-corrected chi connectivity index (χ0v) is 19.4. The number of hydrogen-bond donors (Lipinski definition) is 2. The number of nitrogens with one attached hydrogen (secondary N) is 2. The van der Waals surface area contributed by atoms with Crippen molar-refractivity contribution in [3.63, 3.8) is 0 Å². The largest absolute Gasteiger partial charge is 0.494 e. The number of halogens is 2. The monoisotopic (exact) mass is 512 g/mol. The van der Waals surface area contributed by atoms with Gasteiger partial charge in [-0.2, -0.15) is 0 Å². The molecule has 0 spiro atoms. The average molecular weight is 512 g/mol. The molecule has 1 aliphatic heterocycles. The number of rotatable bonds is 7. The Bertz CT molecular complexity index is 782. The maximum atomic E-state index is 13.9. The molecule has 1 saturated heterocycles. The lowest BCUT2D eigenvalue weighted by Gasteiger charge is -2.29. The van der Waals surface area contributed by atoms with Crippen LogP contribution in [0.2, 0.25) is 0 Å². The van der Waals surface area contributed by atoms with E-state index in [0.29, 0.717) is 18.5 Å². The second-order valence-electron chi connectivity index (χ2n) is 6.95. The Morgan fingerprint density at radius 3 is 2.48 bits per heavy atom. The zero-order chi connectivity index (χ0) is 19.8. The van der Waals surface area contributed by atoms with Gasteiger partial charge in [-0.1, -0.05) is 36.4 Å². The van der Waals surface area contributed by atoms with Crippen molar-refractivity contribution >= 4 is 29.9 Å². The average Bonchev–Trinajstić information content (AvgIpc) is 3.26. The van der Waals surface area contributed by atoms with Gasteiger partial charge in [0.2, 0.25) is 0 Å². The fourth-order valence-corrected chi connectivity index (χ4v) is 3.61. The van der Waals surface area contributed by atoms with Crippen molar-refractivity contribution in [2.75, 3.05) is 33.8 Å². The molecule has 158 valence electrons. The summed E-state index contributed by atoms with van der Waals surface area (Å²) in [4.78, 5) is 6.83. The van der Waals surface area contributed by atoms with Gasteiger partial charge in [0.1, 0.15) is 0 Å². The van der Waals surface area contributed by atoms with E-state index in [4.69, 9.17) is 4.74 Å². The van der Waals surface area contributed by atoms with Gasteiger partial charge in [-0.25, -0.2) is 4.39 Å². The minimum Gasteiger partial charge on any atom is -0.494 e. The van der Waals surface area contributed by atoms with Crippen LogP contribution in [0, 0.1) is 5.82 Å². The number of guanidine groups is 1. The van der Waals surface area contributed by atoms with Crippen LogP contribution in [0.1, 0.15) is 30.0 Å². The van der Waals surface area contributed by atoms with Crippen LogP contribution in [0.25, 0.3) is 0 Å². The van der Waals surface area contributed by atoms with E-state index < -0.39 is 0 Å². The molecule has 0 amide bonds. The summed E-state index contributed by atoms with van der Waals surface area (Å²) in [6.07, 6.45) is 2.50. The molecule has 3 rings (SSSR count). The first-order chi connectivity index (χ1) is 13.7. The number of methoxy groups -OCH3 is 1. The van der Waals surface area contributed by atoms with Crippen LogP contribution in [-0.4, -0.2) is 44.7 Å². The molecule has 0 aliphatic carbocycles. The summed E-state index contributed by atoms with van der Waals surface area (Å²) in [5.74, 6) is 0.599. The molecule has 0 aromatic heterocycles. The molecule has 0 saturated carbocycles. The first kappa shape index (κ1) is 23.4. The lowest BCUT2D eigenvalue weighted by Crippen LogP contribution is -2.42. The predicted octanol–water partition coefficient (Wildman–Crippen LogP) is 3.95. The summed E-state index contributed by atoms with van der Waals surface area (Å²) in [6, 6.07) is 15.9. The molecule has 5 nitrogen and oxygen atoms in total. The highest BCUT2D eigenvalue weighted by molar-refractivity contribution is 14.0. The first-order valence-corrected chi connectivity index (χ1v) is 9.77. The Morgan fingerprint density at radius 1 is 1.14 bits per heavy atom. The highest BCUT2D eigenvalue weighted by Crippen LogP contribution is 2.24. The van der Waals surface area contributed by atoms with Crippen LogP contribution in [0.4, 0.5) is 4.39 Å². The number of ether oxygens (including phenoxy) is 1. The van der Waals surface area contributed by atoms with Crippen molar-refractivity contribution in [1.29, 1.82) is 0 Å². The number of hydrogen-bond acceptors (Lipinski definition) is 3. The molecular weight excluding hydrogens is 482 g/mol. The van der Waals surface area contributed by atoms with E-state index in [1.165, 1.54) is 31.6 Å². The zero-order valence-electron chi connectivity index (χ0n) is 17.0. The van der Waals surface area contributed by atoms with Crippen LogP contribution in [0.15, 0.2) is 53.5 Å². The molecule has 1 atom stereocenters. The van der Waals surface area contributed by atoms with Gasteiger partial charge in [-0.3, -0.25) is 9.89 Å². The number of likely N-dealkylation sites (tertiary alicyclic amines) is 1. The SMILES string of the molecule is CN=C(NCc1ccc(OC)c(F)c1)NCC(c1ccccc1)N1CCCC1.I. The minimum absolute atomic E-state index is 0. The van der Waals surface area contributed by atoms with E-state index in [9.17, 15) is 4.39 Å². The van der Waals surface area contributed by atoms with Crippen molar-refractivity contribution in [3.05, 3.63) is 65.5 Å². The van der Waals surface area contributed by atoms with Gasteiger partial charge in [0.05, 0.1) is 13.2 Å². The Morgan fingerprint density at radius 2 is 1.86 bits per heavy atom. The molecule has 7 heteroatoms. The topological polar surface area (TPSA) is 48.9 Å². The predicted molar refractivity (Wildman–Crippen MR) is 127 cm³/mol. The second-order valence-corrected chi connectivity index (χ2v) is 6.95. The number of nitrogens with zero attached hydrogens (tertiary/aromatic N) is 2. The highest BCUT2D eigenvalue weighted by Gasteiger charge is 2.23. The van der Waals surface area contributed by atoms with Crippen LogP contribution < -0.4 is 15.4 Å². The molecule has 1 aliphatic rings. The first-order valence-electron chi connectivity index (χ1n) is 9.77. The van der Waals surface area contributed by atoms with E-state index in [-0.39, 0.29) is 35.5 Å². The van der Waals surface area contributed by atoms with E-state index in [1.54, 1.807) is 13.1 Å². The summed E-state index contributed by atoms with van der Waals surface area (Å²) in [5.41, 5.74) is 2.14. The van der Waals surface area contributed by atoms with Crippen LogP contribution >= 0.6 is 24.0 Å². The van der Waals surface area contributed by atoms with Crippen LogP contribution in [0.5, 0.6) is 5.75 Å². The maximum Gasteiger partial charge on any atom is 0.191 e. The highest BCUT2D eigenvalue weighted by atomic mass is 127. The van der Waals surface area contributed by atoms with Gasteiger partial charge in [0.25, 0.3) is 0 Å². The molecule has 2 N–H and O–H groups in total. The van der Waals surface area contributed by atoms with Gasteiger partial charge in [-0.05, 0) is 49.2 Å². The molecule has 1 fully saturated rings. The summed E-state index contributed by atoms with van der Waals surface area (Å²) in [7, 11) is 3.21. The minimum atomic E-state index is -0.358. The van der Waals surface area contributed by atoms with Gasteiger partial charge >= 0.3 is 0 Å². The lowest BCUT2D eigenvalue weighted by molar-refractivity contribution is 0.245. The van der Waals surface area contributed by atoms with Crippen molar-refractivity contribution in [1.82, 2.24) is 15.5 Å². The Labute approximate surface area is 189 Å². The third kappa shape index (κ3) is 6.57. The normalized spacial score (nSPS) is 15.5. The smallest absolute Gasteiger partial charge is 0.191 e. The van der Waals surface area contributed by atoms with Gasteiger partial charge in [-0.15, -0.1) is 24.0 Å². The molecule has 1 unspecified atom stereocenters. The molecular formula is C22H30FIN4O. The van der Waals surface area contributed by atoms with Crippen molar-refractivity contribution < 1.29 is 9.13 Å². The molecule has 2 aromatic carbocycles. The molecule has 0 radical (unpaired) electrons. The van der Waals surface area contributed by atoms with Crippen molar-refractivity contribution in [3.8, 4) is 5.75 Å².